The van der Waals surface area contributed by atoms with E-state index in [-0.39, 0.29) is 27.1 Å². The first-order valence-corrected chi connectivity index (χ1v) is 11.4. The summed E-state index contributed by atoms with van der Waals surface area (Å²) in [6.07, 6.45) is 2.68. The van der Waals surface area contributed by atoms with Crippen molar-refractivity contribution in [3.63, 3.8) is 0 Å². The van der Waals surface area contributed by atoms with Gasteiger partial charge in [-0.25, -0.2) is 8.42 Å². The van der Waals surface area contributed by atoms with E-state index in [1.165, 1.54) is 39.5 Å². The summed E-state index contributed by atoms with van der Waals surface area (Å²) in [4.78, 5) is 26.4. The molecule has 0 unspecified atom stereocenters. The van der Waals surface area contributed by atoms with Gasteiger partial charge in [-0.2, -0.15) is 4.31 Å². The Labute approximate surface area is 181 Å². The van der Waals surface area contributed by atoms with Crippen LogP contribution in [0.3, 0.4) is 0 Å². The van der Waals surface area contributed by atoms with Crippen molar-refractivity contribution in [2.24, 2.45) is 0 Å². The zero-order valence-corrected chi connectivity index (χ0v) is 18.5. The molecule has 9 heteroatoms. The monoisotopic (exact) mass is 449 g/mol. The number of piperidine rings is 1. The molecule has 0 bridgehead atoms. The Balaban J connectivity index is 1.84. The third-order valence-corrected chi connectivity index (χ3v) is 7.14. The molecule has 0 aromatic heterocycles. The van der Waals surface area contributed by atoms with E-state index in [1.807, 2.05) is 0 Å². The molecule has 1 N–H and O–H groups in total. The number of carbonyl (C=O) groups is 2. The van der Waals surface area contributed by atoms with Gasteiger partial charge in [-0.1, -0.05) is 24.1 Å². The van der Waals surface area contributed by atoms with Crippen LogP contribution in [0.5, 0.6) is 0 Å². The topological polar surface area (TPSA) is 86.8 Å². The molecule has 1 heterocycles. The molecule has 0 saturated carbocycles. The smallest absolute Gasteiger partial charge is 0.255 e. The van der Waals surface area contributed by atoms with Gasteiger partial charge in [0, 0.05) is 38.3 Å². The van der Waals surface area contributed by atoms with Crippen molar-refractivity contribution in [1.82, 2.24) is 9.21 Å². The third kappa shape index (κ3) is 4.83. The van der Waals surface area contributed by atoms with Gasteiger partial charge in [0.15, 0.2) is 0 Å². The van der Waals surface area contributed by atoms with Crippen molar-refractivity contribution in [1.29, 1.82) is 0 Å². The number of anilines is 1. The van der Waals surface area contributed by atoms with Crippen LogP contribution < -0.4 is 5.32 Å². The maximum absolute atomic E-state index is 12.9. The maximum atomic E-state index is 12.9. The number of halogens is 1. The van der Waals surface area contributed by atoms with Crippen molar-refractivity contribution in [2.45, 2.75) is 24.2 Å². The molecule has 7 nitrogen and oxygen atoms in total. The molecule has 30 heavy (non-hydrogen) atoms. The van der Waals surface area contributed by atoms with E-state index in [0.29, 0.717) is 18.7 Å². The highest BCUT2D eigenvalue weighted by Gasteiger charge is 2.26. The fourth-order valence-corrected chi connectivity index (χ4v) is 4.99. The molecule has 1 aliphatic rings. The van der Waals surface area contributed by atoms with Crippen LogP contribution in [0.15, 0.2) is 47.4 Å². The van der Waals surface area contributed by atoms with Gasteiger partial charge in [-0.3, -0.25) is 9.59 Å². The van der Waals surface area contributed by atoms with Crippen LogP contribution in [-0.2, 0) is 10.0 Å². The van der Waals surface area contributed by atoms with Crippen molar-refractivity contribution in [3.8, 4) is 0 Å². The summed E-state index contributed by atoms with van der Waals surface area (Å²) in [6, 6.07) is 10.5. The average molecular weight is 450 g/mol. The highest BCUT2D eigenvalue weighted by atomic mass is 35.5. The Morgan fingerprint density at radius 3 is 2.37 bits per heavy atom. The number of hydrogen-bond acceptors (Lipinski definition) is 4. The van der Waals surface area contributed by atoms with Crippen LogP contribution in [0, 0.1) is 0 Å². The van der Waals surface area contributed by atoms with Crippen molar-refractivity contribution >= 4 is 39.1 Å². The molecule has 0 spiro atoms. The Morgan fingerprint density at radius 2 is 1.70 bits per heavy atom. The third-order valence-electron chi connectivity index (χ3n) is 4.92. The summed E-state index contributed by atoms with van der Waals surface area (Å²) in [6.45, 7) is 0.974. The first-order valence-electron chi connectivity index (χ1n) is 9.63. The van der Waals surface area contributed by atoms with Crippen molar-refractivity contribution in [3.05, 3.63) is 58.6 Å². The number of nitrogens with one attached hydrogen (secondary N) is 1. The minimum atomic E-state index is -3.65. The van der Waals surface area contributed by atoms with E-state index in [1.54, 1.807) is 26.2 Å². The number of sulfonamides is 1. The Hall–Kier alpha value is -2.42. The maximum Gasteiger partial charge on any atom is 0.255 e. The van der Waals surface area contributed by atoms with Gasteiger partial charge >= 0.3 is 0 Å². The molecule has 0 radical (unpaired) electrons. The van der Waals surface area contributed by atoms with E-state index in [2.05, 4.69) is 5.32 Å². The van der Waals surface area contributed by atoms with Crippen LogP contribution >= 0.6 is 11.6 Å². The van der Waals surface area contributed by atoms with Gasteiger partial charge in [-0.05, 0) is 49.2 Å². The van der Waals surface area contributed by atoms with Crippen LogP contribution in [0.25, 0.3) is 0 Å². The highest BCUT2D eigenvalue weighted by Crippen LogP contribution is 2.25. The van der Waals surface area contributed by atoms with Gasteiger partial charge in [0.25, 0.3) is 11.8 Å². The summed E-state index contributed by atoms with van der Waals surface area (Å²) in [5.74, 6) is -0.737. The lowest BCUT2D eigenvalue weighted by Gasteiger charge is -2.26. The molecular weight excluding hydrogens is 426 g/mol. The summed E-state index contributed by atoms with van der Waals surface area (Å²) in [7, 11) is -0.393. The average Bonchev–Trinajstić information content (AvgIpc) is 2.75. The van der Waals surface area contributed by atoms with Gasteiger partial charge in [0.2, 0.25) is 10.0 Å². The zero-order valence-electron chi connectivity index (χ0n) is 16.9. The Kier molecular flexibility index (Phi) is 6.80. The summed E-state index contributed by atoms with van der Waals surface area (Å²) < 4.78 is 27.2. The summed E-state index contributed by atoms with van der Waals surface area (Å²) in [5.41, 5.74) is 0.841. The Morgan fingerprint density at radius 1 is 1.00 bits per heavy atom. The molecule has 160 valence electrons. The second-order valence-corrected chi connectivity index (χ2v) is 9.69. The van der Waals surface area contributed by atoms with E-state index in [9.17, 15) is 18.0 Å². The number of hydrogen-bond donors (Lipinski definition) is 1. The summed E-state index contributed by atoms with van der Waals surface area (Å²) >= 11 is 6.18. The number of nitrogens with zero attached hydrogens (tertiary/aromatic N) is 2. The van der Waals surface area contributed by atoms with Gasteiger partial charge in [0.05, 0.1) is 15.6 Å². The number of benzene rings is 2. The normalized spacial score (nSPS) is 14.9. The fourth-order valence-electron chi connectivity index (χ4n) is 3.26. The van der Waals surface area contributed by atoms with Crippen LogP contribution in [0.2, 0.25) is 5.02 Å². The minimum absolute atomic E-state index is 0.0830. The number of amides is 2. The van der Waals surface area contributed by atoms with E-state index in [0.717, 1.165) is 19.3 Å². The predicted molar refractivity (Wildman–Crippen MR) is 116 cm³/mol. The lowest BCUT2D eigenvalue weighted by atomic mass is 10.1. The molecule has 3 rings (SSSR count). The molecule has 2 aromatic carbocycles. The molecule has 1 aliphatic heterocycles. The zero-order chi connectivity index (χ0) is 21.9. The summed E-state index contributed by atoms with van der Waals surface area (Å²) in [5, 5.41) is 2.94. The SMILES string of the molecule is CN(C)C(=O)c1ccc(Cl)c(NC(=O)c2cccc(S(=O)(=O)N3CCCCC3)c2)c1. The molecule has 1 saturated heterocycles. The van der Waals surface area contributed by atoms with E-state index < -0.39 is 15.9 Å². The molecule has 1 fully saturated rings. The van der Waals surface area contributed by atoms with Crippen molar-refractivity contribution < 1.29 is 18.0 Å². The second-order valence-electron chi connectivity index (χ2n) is 7.34. The number of rotatable bonds is 5. The quantitative estimate of drug-likeness (QED) is 0.757. The Bertz CT molecular complexity index is 1060. The van der Waals surface area contributed by atoms with Crippen molar-refractivity contribution in [2.75, 3.05) is 32.5 Å². The van der Waals surface area contributed by atoms with Crippen LogP contribution in [0.1, 0.15) is 40.0 Å². The standard InChI is InChI=1S/C21H24ClN3O4S/c1-24(2)21(27)16-9-10-18(22)19(14-16)23-20(26)15-7-6-8-17(13-15)30(28,29)25-11-4-3-5-12-25/h6-10,13-14H,3-5,11-12H2,1-2H3,(H,23,26). The second kappa shape index (κ2) is 9.16. The fraction of sp³-hybridized carbons (Fsp3) is 0.333. The van der Waals surface area contributed by atoms with Crippen LogP contribution in [0.4, 0.5) is 5.69 Å². The van der Waals surface area contributed by atoms with Gasteiger partial charge < -0.3 is 10.2 Å². The molecular formula is C21H24ClN3O4S. The molecule has 2 amide bonds. The lowest BCUT2D eigenvalue weighted by Crippen LogP contribution is -2.35. The van der Waals surface area contributed by atoms with E-state index in [4.69, 9.17) is 11.6 Å². The largest absolute Gasteiger partial charge is 0.345 e. The molecule has 0 aliphatic carbocycles. The molecule has 2 aromatic rings. The minimum Gasteiger partial charge on any atom is -0.345 e. The molecule has 0 atom stereocenters. The van der Waals surface area contributed by atoms with Crippen LogP contribution in [-0.4, -0.2) is 56.6 Å². The predicted octanol–water partition coefficient (Wildman–Crippen LogP) is 3.47. The van der Waals surface area contributed by atoms with E-state index >= 15 is 0 Å². The highest BCUT2D eigenvalue weighted by molar-refractivity contribution is 7.89. The van der Waals surface area contributed by atoms with Gasteiger partial charge in [-0.15, -0.1) is 0 Å². The first-order chi connectivity index (χ1) is 14.2. The lowest BCUT2D eigenvalue weighted by molar-refractivity contribution is 0.0827. The first kappa shape index (κ1) is 22.3. The number of carbonyl (C=O) groups excluding carboxylic acids is 2. The van der Waals surface area contributed by atoms with Gasteiger partial charge in [0.1, 0.15) is 0 Å².